The number of aromatic nitrogens is 1. The Hall–Kier alpha value is -1.60. The molecule has 2 rings (SSSR count). The molecule has 0 saturated heterocycles. The predicted molar refractivity (Wildman–Crippen MR) is 75.4 cm³/mol. The van der Waals surface area contributed by atoms with Gasteiger partial charge in [-0.25, -0.2) is 4.57 Å². The fraction of sp³-hybridized carbons (Fsp3) is 0.235. The van der Waals surface area contributed by atoms with Crippen molar-refractivity contribution in [3.8, 4) is 0 Å². The Balaban J connectivity index is 0.00000180. The number of benzene rings is 1. The van der Waals surface area contributed by atoms with E-state index in [1.54, 1.807) is 0 Å². The Morgan fingerprint density at radius 2 is 1.63 bits per heavy atom. The van der Waals surface area contributed by atoms with Gasteiger partial charge in [0.2, 0.25) is 0 Å². The molecule has 0 aliphatic heterocycles. The number of rotatable bonds is 5. The molecule has 1 nitrogen and oxygen atoms in total. The van der Waals surface area contributed by atoms with Crippen LogP contribution < -0.4 is 17.0 Å². The number of allylic oxidation sites excluding steroid dienone is 1. The molecule has 0 aliphatic carbocycles. The molecule has 0 amide bonds. The fourth-order valence-electron chi connectivity index (χ4n) is 2.32. The molecule has 1 aromatic carbocycles. The molecular formula is C17H20ClN. The first-order valence-corrected chi connectivity index (χ1v) is 6.50. The van der Waals surface area contributed by atoms with Crippen molar-refractivity contribution in [1.82, 2.24) is 0 Å². The van der Waals surface area contributed by atoms with Crippen molar-refractivity contribution in [2.75, 3.05) is 0 Å². The van der Waals surface area contributed by atoms with Gasteiger partial charge < -0.3 is 12.4 Å². The van der Waals surface area contributed by atoms with Gasteiger partial charge in [-0.3, -0.25) is 0 Å². The van der Waals surface area contributed by atoms with Gasteiger partial charge in [-0.15, -0.1) is 0 Å². The van der Waals surface area contributed by atoms with E-state index < -0.39 is 0 Å². The summed E-state index contributed by atoms with van der Waals surface area (Å²) >= 11 is 0. The van der Waals surface area contributed by atoms with Crippen molar-refractivity contribution in [3.63, 3.8) is 0 Å². The third-order valence-electron chi connectivity index (χ3n) is 3.27. The van der Waals surface area contributed by atoms with Crippen LogP contribution in [0.25, 0.3) is 0 Å². The summed E-state index contributed by atoms with van der Waals surface area (Å²) in [5.74, 6) is 0.490. The maximum absolute atomic E-state index is 3.76. The lowest BCUT2D eigenvalue weighted by atomic mass is 9.90. The highest BCUT2D eigenvalue weighted by molar-refractivity contribution is 5.30. The third kappa shape index (κ3) is 3.93. The maximum Gasteiger partial charge on any atom is 0.169 e. The summed E-state index contributed by atoms with van der Waals surface area (Å²) in [7, 11) is 0. The molecule has 0 N–H and O–H groups in total. The predicted octanol–water partition coefficient (Wildman–Crippen LogP) is 0.706. The lowest BCUT2D eigenvalue weighted by Gasteiger charge is -2.15. The molecule has 0 radical (unpaired) electrons. The van der Waals surface area contributed by atoms with Crippen molar-refractivity contribution in [2.24, 2.45) is 0 Å². The van der Waals surface area contributed by atoms with Crippen molar-refractivity contribution in [1.29, 1.82) is 0 Å². The number of hydrogen-bond acceptors (Lipinski definition) is 0. The van der Waals surface area contributed by atoms with Gasteiger partial charge in [0, 0.05) is 18.1 Å². The van der Waals surface area contributed by atoms with Gasteiger partial charge in [0.05, 0.1) is 0 Å². The second-order valence-corrected chi connectivity index (χ2v) is 4.49. The van der Waals surface area contributed by atoms with E-state index in [2.05, 4.69) is 72.9 Å². The molecule has 0 spiro atoms. The summed E-state index contributed by atoms with van der Waals surface area (Å²) in [4.78, 5) is 0. The van der Waals surface area contributed by atoms with E-state index in [1.165, 1.54) is 11.1 Å². The highest BCUT2D eigenvalue weighted by Gasteiger charge is 2.12. The molecule has 0 aliphatic rings. The lowest BCUT2D eigenvalue weighted by Crippen LogP contribution is -3.00. The average Bonchev–Trinajstić information content (AvgIpc) is 2.43. The molecule has 1 aromatic heterocycles. The summed E-state index contributed by atoms with van der Waals surface area (Å²) in [6, 6.07) is 15.1. The van der Waals surface area contributed by atoms with E-state index in [0.717, 1.165) is 13.0 Å². The molecular weight excluding hydrogens is 254 g/mol. The first-order valence-electron chi connectivity index (χ1n) is 6.50. The molecule has 2 heteroatoms. The summed E-state index contributed by atoms with van der Waals surface area (Å²) in [6.45, 7) is 6.86. The zero-order valence-corrected chi connectivity index (χ0v) is 12.1. The Bertz CT molecular complexity index is 490. The second-order valence-electron chi connectivity index (χ2n) is 4.49. The Labute approximate surface area is 122 Å². The zero-order chi connectivity index (χ0) is 12.8. The van der Waals surface area contributed by atoms with Gasteiger partial charge in [-0.2, -0.15) is 0 Å². The first-order chi connectivity index (χ1) is 8.85. The van der Waals surface area contributed by atoms with Crippen LogP contribution in [0.1, 0.15) is 30.4 Å². The van der Waals surface area contributed by atoms with Gasteiger partial charge >= 0.3 is 0 Å². The minimum Gasteiger partial charge on any atom is -1.00 e. The molecule has 1 unspecified atom stereocenters. The largest absolute Gasteiger partial charge is 1.00 e. The summed E-state index contributed by atoms with van der Waals surface area (Å²) in [6.07, 6.45) is 7.29. The van der Waals surface area contributed by atoms with E-state index in [9.17, 15) is 0 Å². The molecule has 0 bridgehead atoms. The van der Waals surface area contributed by atoms with Gasteiger partial charge in [-0.1, -0.05) is 43.8 Å². The van der Waals surface area contributed by atoms with Gasteiger partial charge in [-0.05, 0) is 23.6 Å². The molecule has 2 aromatic rings. The van der Waals surface area contributed by atoms with E-state index in [4.69, 9.17) is 0 Å². The molecule has 1 atom stereocenters. The van der Waals surface area contributed by atoms with Crippen molar-refractivity contribution in [3.05, 3.63) is 78.6 Å². The average molecular weight is 274 g/mol. The van der Waals surface area contributed by atoms with Crippen molar-refractivity contribution in [2.45, 2.75) is 25.8 Å². The number of hydrogen-bond donors (Lipinski definition) is 0. The van der Waals surface area contributed by atoms with Crippen LogP contribution in [-0.2, 0) is 6.54 Å². The number of nitrogens with zero attached hydrogens (tertiary/aromatic N) is 1. The van der Waals surface area contributed by atoms with Crippen LogP contribution in [0.2, 0.25) is 0 Å². The van der Waals surface area contributed by atoms with Crippen LogP contribution >= 0.6 is 0 Å². The van der Waals surface area contributed by atoms with Gasteiger partial charge in [0.15, 0.2) is 18.9 Å². The molecule has 1 heterocycles. The standard InChI is InChI=1S/C17H20N.ClH/c1-3-12-18-13-10-16(11-14-18)17(4-2)15-8-6-5-7-9-15;/h3,5-11,13-14,17H,1,4,12H2,2H3;1H/q+1;/p-1. The normalized spacial score (nSPS) is 11.4. The highest BCUT2D eigenvalue weighted by atomic mass is 35.5. The highest BCUT2D eigenvalue weighted by Crippen LogP contribution is 2.26. The van der Waals surface area contributed by atoms with Gasteiger partial charge in [0.1, 0.15) is 0 Å². The van der Waals surface area contributed by atoms with Crippen LogP contribution in [0.15, 0.2) is 67.5 Å². The lowest BCUT2D eigenvalue weighted by molar-refractivity contribution is -0.687. The Kier molecular flexibility index (Phi) is 6.31. The van der Waals surface area contributed by atoms with E-state index in [-0.39, 0.29) is 12.4 Å². The molecule has 0 saturated carbocycles. The van der Waals surface area contributed by atoms with Crippen molar-refractivity contribution < 1.29 is 17.0 Å². The quantitative estimate of drug-likeness (QED) is 0.558. The first kappa shape index (κ1) is 15.5. The molecule has 100 valence electrons. The van der Waals surface area contributed by atoms with Gasteiger partial charge in [0.25, 0.3) is 0 Å². The summed E-state index contributed by atoms with van der Waals surface area (Å²) in [5, 5.41) is 0. The third-order valence-corrected chi connectivity index (χ3v) is 3.27. The topological polar surface area (TPSA) is 3.88 Å². The van der Waals surface area contributed by atoms with Crippen LogP contribution in [0, 0.1) is 0 Å². The summed E-state index contributed by atoms with van der Waals surface area (Å²) in [5.41, 5.74) is 2.77. The molecule has 0 fully saturated rings. The summed E-state index contributed by atoms with van der Waals surface area (Å²) < 4.78 is 2.13. The van der Waals surface area contributed by atoms with Crippen LogP contribution in [0.5, 0.6) is 0 Å². The minimum absolute atomic E-state index is 0. The number of pyridine rings is 1. The van der Waals surface area contributed by atoms with E-state index >= 15 is 0 Å². The minimum atomic E-state index is 0. The fourth-order valence-corrected chi connectivity index (χ4v) is 2.32. The van der Waals surface area contributed by atoms with Crippen LogP contribution in [-0.4, -0.2) is 0 Å². The second kappa shape index (κ2) is 7.75. The zero-order valence-electron chi connectivity index (χ0n) is 11.3. The van der Waals surface area contributed by atoms with Crippen molar-refractivity contribution >= 4 is 0 Å². The monoisotopic (exact) mass is 273 g/mol. The Morgan fingerprint density at radius 3 is 2.16 bits per heavy atom. The van der Waals surface area contributed by atoms with E-state index in [0.29, 0.717) is 5.92 Å². The smallest absolute Gasteiger partial charge is 0.169 e. The SMILES string of the molecule is C=CC[n+]1ccc(C(CC)c2ccccc2)cc1.[Cl-]. The van der Waals surface area contributed by atoms with Crippen LogP contribution in [0.3, 0.4) is 0 Å². The maximum atomic E-state index is 3.76. The Morgan fingerprint density at radius 1 is 1.05 bits per heavy atom. The molecule has 19 heavy (non-hydrogen) atoms. The van der Waals surface area contributed by atoms with E-state index in [1.807, 2.05) is 6.08 Å². The number of halogens is 1. The van der Waals surface area contributed by atoms with Crippen LogP contribution in [0.4, 0.5) is 0 Å².